The quantitative estimate of drug-likeness (QED) is 0.687. The van der Waals surface area contributed by atoms with E-state index in [1.165, 1.54) is 10.7 Å². The number of aryl methyl sites for hydroxylation is 2. The van der Waals surface area contributed by atoms with Crippen molar-refractivity contribution in [1.29, 1.82) is 0 Å². The maximum Gasteiger partial charge on any atom is 0.252 e. The molecule has 1 aromatic carbocycles. The molecule has 0 aliphatic carbocycles. The number of rotatable bonds is 1. The number of hydrogen-bond donors (Lipinski definition) is 0. The van der Waals surface area contributed by atoms with Gasteiger partial charge in [-0.15, -0.1) is 0 Å². The SMILES string of the molecule is Cc1nc2nc(C)c(-c3c(F)cc(F)cc3F)cn2n1. The molecule has 0 amide bonds. The Kier molecular flexibility index (Phi) is 2.70. The standard InChI is InChI=1S/C13H9F3N4/c1-6-9(5-20-13(17-6)18-7(2)19-20)12-10(15)3-8(14)4-11(12)16/h3-5H,1-2H3. The topological polar surface area (TPSA) is 43.1 Å². The molecule has 0 saturated heterocycles. The summed E-state index contributed by atoms with van der Waals surface area (Å²) in [4.78, 5) is 8.20. The van der Waals surface area contributed by atoms with E-state index in [0.717, 1.165) is 0 Å². The third-order valence-electron chi connectivity index (χ3n) is 2.90. The largest absolute Gasteiger partial charge is 0.252 e. The first kappa shape index (κ1) is 12.6. The van der Waals surface area contributed by atoms with Crippen LogP contribution < -0.4 is 0 Å². The molecule has 0 radical (unpaired) electrons. The van der Waals surface area contributed by atoms with Gasteiger partial charge in [0, 0.05) is 23.9 Å². The monoisotopic (exact) mass is 278 g/mol. The number of aromatic nitrogens is 4. The van der Waals surface area contributed by atoms with Crippen molar-refractivity contribution in [3.8, 4) is 11.1 Å². The van der Waals surface area contributed by atoms with Crippen molar-refractivity contribution >= 4 is 5.78 Å². The molecule has 0 unspecified atom stereocenters. The lowest BCUT2D eigenvalue weighted by atomic mass is 10.0. The van der Waals surface area contributed by atoms with Crippen molar-refractivity contribution in [2.45, 2.75) is 13.8 Å². The Hall–Kier alpha value is -2.44. The van der Waals surface area contributed by atoms with Gasteiger partial charge in [0.05, 0.1) is 11.3 Å². The highest BCUT2D eigenvalue weighted by Gasteiger charge is 2.17. The van der Waals surface area contributed by atoms with Crippen LogP contribution in [0, 0.1) is 31.3 Å². The predicted octanol–water partition coefficient (Wildman–Crippen LogP) is 2.83. The van der Waals surface area contributed by atoms with Gasteiger partial charge < -0.3 is 0 Å². The van der Waals surface area contributed by atoms with E-state index in [4.69, 9.17) is 0 Å². The van der Waals surface area contributed by atoms with Crippen LogP contribution in [0.5, 0.6) is 0 Å². The van der Waals surface area contributed by atoms with Gasteiger partial charge in [-0.2, -0.15) is 10.1 Å². The van der Waals surface area contributed by atoms with E-state index in [0.29, 0.717) is 29.4 Å². The molecule has 0 atom stereocenters. The smallest absolute Gasteiger partial charge is 0.216 e. The summed E-state index contributed by atoms with van der Waals surface area (Å²) < 4.78 is 41.9. The van der Waals surface area contributed by atoms with Crippen molar-refractivity contribution in [3.05, 3.63) is 47.3 Å². The summed E-state index contributed by atoms with van der Waals surface area (Å²) in [6.45, 7) is 3.28. The average Bonchev–Trinajstić information content (AvgIpc) is 2.67. The Labute approximate surface area is 111 Å². The molecule has 0 fully saturated rings. The molecule has 102 valence electrons. The minimum absolute atomic E-state index is 0.206. The van der Waals surface area contributed by atoms with Crippen LogP contribution in [-0.2, 0) is 0 Å². The van der Waals surface area contributed by atoms with Gasteiger partial charge in [0.25, 0.3) is 5.78 Å². The van der Waals surface area contributed by atoms with Crippen LogP contribution in [0.15, 0.2) is 18.3 Å². The zero-order valence-electron chi connectivity index (χ0n) is 10.7. The first-order valence-corrected chi connectivity index (χ1v) is 5.81. The predicted molar refractivity (Wildman–Crippen MR) is 65.6 cm³/mol. The van der Waals surface area contributed by atoms with Gasteiger partial charge in [-0.1, -0.05) is 0 Å². The molecule has 0 N–H and O–H groups in total. The maximum absolute atomic E-state index is 13.8. The van der Waals surface area contributed by atoms with Crippen molar-refractivity contribution in [2.75, 3.05) is 0 Å². The van der Waals surface area contributed by atoms with E-state index in [9.17, 15) is 13.2 Å². The van der Waals surface area contributed by atoms with E-state index < -0.39 is 17.5 Å². The van der Waals surface area contributed by atoms with Crippen LogP contribution in [0.3, 0.4) is 0 Å². The van der Waals surface area contributed by atoms with Gasteiger partial charge in [0.1, 0.15) is 23.3 Å². The molecule has 0 aliphatic heterocycles. The third-order valence-corrected chi connectivity index (χ3v) is 2.90. The molecule has 0 aliphatic rings. The first-order chi connectivity index (χ1) is 9.45. The molecular formula is C13H9F3N4. The molecule has 20 heavy (non-hydrogen) atoms. The molecule has 4 nitrogen and oxygen atoms in total. The highest BCUT2D eigenvalue weighted by atomic mass is 19.1. The van der Waals surface area contributed by atoms with Crippen molar-refractivity contribution in [2.24, 2.45) is 0 Å². The third kappa shape index (κ3) is 1.91. The summed E-state index contributed by atoms with van der Waals surface area (Å²) in [6.07, 6.45) is 1.43. The van der Waals surface area contributed by atoms with Crippen LogP contribution in [-0.4, -0.2) is 19.6 Å². The Morgan fingerprint density at radius 1 is 1.00 bits per heavy atom. The van der Waals surface area contributed by atoms with Crippen molar-refractivity contribution in [3.63, 3.8) is 0 Å². The normalized spacial score (nSPS) is 11.2. The molecule has 2 aromatic heterocycles. The van der Waals surface area contributed by atoms with Gasteiger partial charge in [-0.05, 0) is 13.8 Å². The average molecular weight is 278 g/mol. The molecule has 0 saturated carbocycles. The minimum atomic E-state index is -0.983. The number of benzene rings is 1. The molecule has 0 spiro atoms. The van der Waals surface area contributed by atoms with Crippen LogP contribution >= 0.6 is 0 Å². The summed E-state index contributed by atoms with van der Waals surface area (Å²) in [6, 6.07) is 1.27. The molecule has 0 bridgehead atoms. The number of fused-ring (bicyclic) bond motifs is 1. The van der Waals surface area contributed by atoms with Crippen LogP contribution in [0.1, 0.15) is 11.5 Å². The Morgan fingerprint density at radius 3 is 2.30 bits per heavy atom. The Morgan fingerprint density at radius 2 is 1.65 bits per heavy atom. The lowest BCUT2D eigenvalue weighted by Crippen LogP contribution is -2.00. The van der Waals surface area contributed by atoms with E-state index in [-0.39, 0.29) is 11.1 Å². The van der Waals surface area contributed by atoms with Crippen LogP contribution in [0.25, 0.3) is 16.9 Å². The summed E-state index contributed by atoms with van der Waals surface area (Å²) in [7, 11) is 0. The van der Waals surface area contributed by atoms with Crippen molar-refractivity contribution < 1.29 is 13.2 Å². The van der Waals surface area contributed by atoms with Gasteiger partial charge in [0.2, 0.25) is 0 Å². The van der Waals surface area contributed by atoms with E-state index in [1.54, 1.807) is 13.8 Å². The lowest BCUT2D eigenvalue weighted by molar-refractivity contribution is 0.547. The van der Waals surface area contributed by atoms with E-state index in [2.05, 4.69) is 15.1 Å². The summed E-state index contributed by atoms with van der Waals surface area (Å²) in [5.74, 6) is -2.10. The minimum Gasteiger partial charge on any atom is -0.216 e. The van der Waals surface area contributed by atoms with Gasteiger partial charge >= 0.3 is 0 Å². The highest BCUT2D eigenvalue weighted by Crippen LogP contribution is 2.28. The highest BCUT2D eigenvalue weighted by molar-refractivity contribution is 5.67. The summed E-state index contributed by atoms with van der Waals surface area (Å²) >= 11 is 0. The van der Waals surface area contributed by atoms with Crippen molar-refractivity contribution in [1.82, 2.24) is 19.6 Å². The van der Waals surface area contributed by atoms with Crippen LogP contribution in [0.4, 0.5) is 13.2 Å². The molecule has 2 heterocycles. The maximum atomic E-state index is 13.8. The fraction of sp³-hybridized carbons (Fsp3) is 0.154. The second-order valence-electron chi connectivity index (χ2n) is 4.39. The first-order valence-electron chi connectivity index (χ1n) is 5.81. The Balaban J connectivity index is 2.31. The van der Waals surface area contributed by atoms with E-state index >= 15 is 0 Å². The lowest BCUT2D eigenvalue weighted by Gasteiger charge is -2.08. The molecular weight excluding hydrogens is 269 g/mol. The molecule has 3 rings (SSSR count). The molecule has 7 heteroatoms. The Bertz CT molecular complexity index is 803. The number of halogens is 3. The van der Waals surface area contributed by atoms with Gasteiger partial charge in [-0.3, -0.25) is 0 Å². The summed E-state index contributed by atoms with van der Waals surface area (Å²) in [5, 5.41) is 4.04. The van der Waals surface area contributed by atoms with Crippen LogP contribution in [0.2, 0.25) is 0 Å². The fourth-order valence-electron chi connectivity index (χ4n) is 2.05. The second-order valence-corrected chi connectivity index (χ2v) is 4.39. The van der Waals surface area contributed by atoms with E-state index in [1.807, 2.05) is 0 Å². The summed E-state index contributed by atoms with van der Waals surface area (Å²) in [5.41, 5.74) is 0.262. The number of nitrogens with zero attached hydrogens (tertiary/aromatic N) is 4. The second kappa shape index (κ2) is 4.29. The molecule has 3 aromatic rings. The van der Waals surface area contributed by atoms with Gasteiger partial charge in [0.15, 0.2) is 0 Å². The zero-order valence-corrected chi connectivity index (χ0v) is 10.7. The fourth-order valence-corrected chi connectivity index (χ4v) is 2.05. The number of hydrogen-bond acceptors (Lipinski definition) is 3. The van der Waals surface area contributed by atoms with Gasteiger partial charge in [-0.25, -0.2) is 22.7 Å². The zero-order chi connectivity index (χ0) is 14.4.